The lowest BCUT2D eigenvalue weighted by Gasteiger charge is -2.04. The molecule has 0 unspecified atom stereocenters. The van der Waals surface area contributed by atoms with Gasteiger partial charge in [0.1, 0.15) is 12.1 Å². The molecule has 0 aromatic carbocycles. The van der Waals surface area contributed by atoms with Crippen molar-refractivity contribution in [3.63, 3.8) is 0 Å². The molecule has 7 heteroatoms. The topological polar surface area (TPSA) is 55.6 Å². The predicted octanol–water partition coefficient (Wildman–Crippen LogP) is 2.84. The van der Waals surface area contributed by atoms with Gasteiger partial charge >= 0.3 is 0 Å². The molecular formula is C12H12BrN5S. The van der Waals surface area contributed by atoms with E-state index >= 15 is 0 Å². The third-order valence-corrected chi connectivity index (χ3v) is 4.38. The van der Waals surface area contributed by atoms with Crippen LogP contribution in [0.4, 0.5) is 5.82 Å². The van der Waals surface area contributed by atoms with Gasteiger partial charge in [0.25, 0.3) is 0 Å². The minimum atomic E-state index is 0.827. The van der Waals surface area contributed by atoms with Gasteiger partial charge in [0.2, 0.25) is 0 Å². The number of aromatic nitrogens is 4. The van der Waals surface area contributed by atoms with Crippen LogP contribution in [0.5, 0.6) is 0 Å². The number of rotatable bonds is 4. The lowest BCUT2D eigenvalue weighted by atomic mass is 10.2. The summed E-state index contributed by atoms with van der Waals surface area (Å²) in [5.74, 6) is 0.893. The maximum Gasteiger partial charge on any atom is 0.147 e. The van der Waals surface area contributed by atoms with E-state index < -0.39 is 0 Å². The zero-order valence-electron chi connectivity index (χ0n) is 10.3. The lowest BCUT2D eigenvalue weighted by Crippen LogP contribution is -2.06. The van der Waals surface area contributed by atoms with Gasteiger partial charge in [-0.1, -0.05) is 0 Å². The van der Waals surface area contributed by atoms with E-state index in [1.54, 1.807) is 17.7 Å². The molecule has 0 amide bonds. The molecule has 0 aliphatic rings. The smallest absolute Gasteiger partial charge is 0.147 e. The quantitative estimate of drug-likeness (QED) is 0.795. The highest BCUT2D eigenvalue weighted by Gasteiger charge is 2.07. The monoisotopic (exact) mass is 337 g/mol. The highest BCUT2D eigenvalue weighted by molar-refractivity contribution is 9.11. The first-order chi connectivity index (χ1) is 9.22. The Hall–Kier alpha value is -1.47. The Bertz CT molecular complexity index is 705. The molecule has 0 saturated carbocycles. The fourth-order valence-electron chi connectivity index (χ4n) is 1.88. The molecule has 3 aromatic heterocycles. The summed E-state index contributed by atoms with van der Waals surface area (Å²) >= 11 is 5.12. The first-order valence-electron chi connectivity index (χ1n) is 5.84. The van der Waals surface area contributed by atoms with Crippen LogP contribution in [-0.2, 0) is 13.5 Å². The largest absolute Gasteiger partial charge is 0.368 e. The van der Waals surface area contributed by atoms with E-state index in [1.165, 1.54) is 5.56 Å². The summed E-state index contributed by atoms with van der Waals surface area (Å²) in [5.41, 5.74) is 2.18. The van der Waals surface area contributed by atoms with Gasteiger partial charge < -0.3 is 5.32 Å². The van der Waals surface area contributed by atoms with Gasteiger partial charge in [0, 0.05) is 19.8 Å². The van der Waals surface area contributed by atoms with Crippen molar-refractivity contribution < 1.29 is 0 Å². The Morgan fingerprint density at radius 1 is 1.42 bits per heavy atom. The number of fused-ring (bicyclic) bond motifs is 1. The Balaban J connectivity index is 1.71. The number of nitrogens with one attached hydrogen (secondary N) is 1. The zero-order chi connectivity index (χ0) is 13.2. The molecule has 3 aromatic rings. The maximum absolute atomic E-state index is 4.30. The Morgan fingerprint density at radius 3 is 3.11 bits per heavy atom. The standard InChI is InChI=1S/C12H12BrN5S/c1-18-6-8(5-17-18)2-3-14-12-11-9(15-7-16-12)4-10(13)19-11/h4-7H,2-3H2,1H3,(H,14,15,16). The SMILES string of the molecule is Cn1cc(CCNc2ncnc3cc(Br)sc23)cn1. The fraction of sp³-hybridized carbons (Fsp3) is 0.250. The van der Waals surface area contributed by atoms with Crippen molar-refractivity contribution in [1.82, 2.24) is 19.7 Å². The van der Waals surface area contributed by atoms with Gasteiger partial charge in [-0.3, -0.25) is 4.68 Å². The fourth-order valence-corrected chi connectivity index (χ4v) is 3.38. The van der Waals surface area contributed by atoms with Crippen LogP contribution in [0, 0.1) is 0 Å². The average molecular weight is 338 g/mol. The van der Waals surface area contributed by atoms with Crippen molar-refractivity contribution in [3.8, 4) is 0 Å². The third kappa shape index (κ3) is 2.76. The van der Waals surface area contributed by atoms with Gasteiger partial charge in [-0.2, -0.15) is 5.10 Å². The van der Waals surface area contributed by atoms with E-state index in [9.17, 15) is 0 Å². The zero-order valence-corrected chi connectivity index (χ0v) is 12.7. The predicted molar refractivity (Wildman–Crippen MR) is 80.5 cm³/mol. The number of thiophene rings is 1. The van der Waals surface area contributed by atoms with Crippen molar-refractivity contribution in [2.45, 2.75) is 6.42 Å². The number of halogens is 1. The normalized spacial score (nSPS) is 11.1. The molecule has 98 valence electrons. The summed E-state index contributed by atoms with van der Waals surface area (Å²) in [4.78, 5) is 8.55. The molecule has 0 saturated heterocycles. The molecule has 3 rings (SSSR count). The Kier molecular flexibility index (Phi) is 3.48. The second-order valence-corrected chi connectivity index (χ2v) is 6.62. The summed E-state index contributed by atoms with van der Waals surface area (Å²) in [7, 11) is 1.92. The molecule has 0 fully saturated rings. The summed E-state index contributed by atoms with van der Waals surface area (Å²) in [6, 6.07) is 2.01. The van der Waals surface area contributed by atoms with Crippen molar-refractivity contribution in [2.24, 2.45) is 7.05 Å². The van der Waals surface area contributed by atoms with Crippen LogP contribution in [0.15, 0.2) is 28.6 Å². The van der Waals surface area contributed by atoms with E-state index in [0.717, 1.165) is 32.8 Å². The number of nitrogens with zero attached hydrogens (tertiary/aromatic N) is 4. The number of anilines is 1. The molecule has 0 radical (unpaired) electrons. The third-order valence-electron chi connectivity index (χ3n) is 2.75. The van der Waals surface area contributed by atoms with Gasteiger partial charge in [0.15, 0.2) is 0 Å². The highest BCUT2D eigenvalue weighted by Crippen LogP contribution is 2.32. The lowest BCUT2D eigenvalue weighted by molar-refractivity contribution is 0.767. The van der Waals surface area contributed by atoms with Crippen LogP contribution >= 0.6 is 27.3 Å². The van der Waals surface area contributed by atoms with Crippen LogP contribution in [0.1, 0.15) is 5.56 Å². The molecule has 0 bridgehead atoms. The van der Waals surface area contributed by atoms with Crippen LogP contribution in [0.3, 0.4) is 0 Å². The summed E-state index contributed by atoms with van der Waals surface area (Å²) < 4.78 is 3.97. The van der Waals surface area contributed by atoms with Crippen molar-refractivity contribution in [3.05, 3.63) is 34.1 Å². The van der Waals surface area contributed by atoms with E-state index in [-0.39, 0.29) is 0 Å². The van der Waals surface area contributed by atoms with Crippen LogP contribution in [-0.4, -0.2) is 26.3 Å². The minimum Gasteiger partial charge on any atom is -0.368 e. The number of aryl methyl sites for hydroxylation is 1. The molecular weight excluding hydrogens is 326 g/mol. The summed E-state index contributed by atoms with van der Waals surface area (Å²) in [5, 5.41) is 7.51. The maximum atomic E-state index is 4.30. The molecule has 19 heavy (non-hydrogen) atoms. The van der Waals surface area contributed by atoms with E-state index in [1.807, 2.05) is 30.2 Å². The molecule has 1 N–H and O–H groups in total. The van der Waals surface area contributed by atoms with E-state index in [0.29, 0.717) is 0 Å². The average Bonchev–Trinajstić information content (AvgIpc) is 2.95. The molecule has 5 nitrogen and oxygen atoms in total. The second-order valence-electron chi connectivity index (χ2n) is 4.19. The highest BCUT2D eigenvalue weighted by atomic mass is 79.9. The van der Waals surface area contributed by atoms with Crippen molar-refractivity contribution >= 4 is 43.3 Å². The number of hydrogen-bond acceptors (Lipinski definition) is 5. The second kappa shape index (κ2) is 5.26. The first kappa shape index (κ1) is 12.6. The van der Waals surface area contributed by atoms with Gasteiger partial charge in [-0.25, -0.2) is 9.97 Å². The van der Waals surface area contributed by atoms with Crippen molar-refractivity contribution in [1.29, 1.82) is 0 Å². The number of hydrogen-bond donors (Lipinski definition) is 1. The molecule has 0 aliphatic carbocycles. The summed E-state index contributed by atoms with van der Waals surface area (Å²) in [6.45, 7) is 0.827. The van der Waals surface area contributed by atoms with Crippen LogP contribution in [0.2, 0.25) is 0 Å². The van der Waals surface area contributed by atoms with Gasteiger partial charge in [-0.15, -0.1) is 11.3 Å². The Labute approximate surface area is 122 Å². The summed E-state index contributed by atoms with van der Waals surface area (Å²) in [6.07, 6.45) is 6.43. The molecule has 3 heterocycles. The molecule has 0 atom stereocenters. The van der Waals surface area contributed by atoms with Crippen molar-refractivity contribution in [2.75, 3.05) is 11.9 Å². The van der Waals surface area contributed by atoms with Gasteiger partial charge in [0.05, 0.1) is 20.2 Å². The van der Waals surface area contributed by atoms with Gasteiger partial charge in [-0.05, 0) is 34.0 Å². The van der Waals surface area contributed by atoms with Crippen LogP contribution < -0.4 is 5.32 Å². The minimum absolute atomic E-state index is 0.827. The first-order valence-corrected chi connectivity index (χ1v) is 7.45. The van der Waals surface area contributed by atoms with Crippen LogP contribution in [0.25, 0.3) is 10.2 Å². The Morgan fingerprint density at radius 2 is 2.32 bits per heavy atom. The molecule has 0 spiro atoms. The van der Waals surface area contributed by atoms with E-state index in [4.69, 9.17) is 0 Å². The molecule has 0 aliphatic heterocycles. The van der Waals surface area contributed by atoms with E-state index in [2.05, 4.69) is 36.3 Å².